The van der Waals surface area contributed by atoms with E-state index in [1.54, 1.807) is 0 Å². The molecule has 0 saturated carbocycles. The summed E-state index contributed by atoms with van der Waals surface area (Å²) in [5.41, 5.74) is 2.77. The van der Waals surface area contributed by atoms with Crippen LogP contribution in [0, 0.1) is 13.8 Å². The van der Waals surface area contributed by atoms with Crippen LogP contribution in [0.15, 0.2) is 36.5 Å². The van der Waals surface area contributed by atoms with Gasteiger partial charge in [-0.25, -0.2) is 0 Å². The molecular weight excluding hydrogens is 317 g/mol. The first-order valence-corrected chi connectivity index (χ1v) is 7.65. The molecule has 0 saturated heterocycles. The number of nitrogens with zero attached hydrogens (tertiary/aromatic N) is 1. The maximum absolute atomic E-state index is 12.4. The van der Waals surface area contributed by atoms with Crippen LogP contribution in [0.4, 0.5) is 13.2 Å². The van der Waals surface area contributed by atoms with Gasteiger partial charge in [-0.15, -0.1) is 0 Å². The third kappa shape index (κ3) is 4.81. The summed E-state index contributed by atoms with van der Waals surface area (Å²) in [5, 5.41) is 2.70. The maximum Gasteiger partial charge on any atom is 0.433 e. The summed E-state index contributed by atoms with van der Waals surface area (Å²) in [6.45, 7) is 4.54. The first-order chi connectivity index (χ1) is 11.3. The van der Waals surface area contributed by atoms with Gasteiger partial charge in [-0.2, -0.15) is 13.2 Å². The molecule has 128 valence electrons. The second kappa shape index (κ2) is 7.47. The molecule has 0 aliphatic carbocycles. The molecule has 0 aliphatic rings. The van der Waals surface area contributed by atoms with Crippen molar-refractivity contribution in [3.63, 3.8) is 0 Å². The molecule has 1 heterocycles. The Hall–Kier alpha value is -2.37. The number of pyridine rings is 1. The van der Waals surface area contributed by atoms with Crippen molar-refractivity contribution in [1.82, 2.24) is 10.3 Å². The fourth-order valence-electron chi connectivity index (χ4n) is 2.40. The highest BCUT2D eigenvalue weighted by Crippen LogP contribution is 2.27. The summed E-state index contributed by atoms with van der Waals surface area (Å²) in [4.78, 5) is 15.2. The van der Waals surface area contributed by atoms with Gasteiger partial charge in [0, 0.05) is 12.7 Å². The number of carbonyl (C=O) groups excluding carboxylic acids is 1. The summed E-state index contributed by atoms with van der Waals surface area (Å²) in [6.07, 6.45) is -1.97. The van der Waals surface area contributed by atoms with E-state index in [0.717, 1.165) is 31.2 Å². The van der Waals surface area contributed by atoms with Gasteiger partial charge in [0.1, 0.15) is 5.69 Å². The molecule has 0 radical (unpaired) electrons. The zero-order valence-corrected chi connectivity index (χ0v) is 13.6. The third-order valence-electron chi connectivity index (χ3n) is 3.72. The molecule has 1 aromatic heterocycles. The van der Waals surface area contributed by atoms with Crippen molar-refractivity contribution < 1.29 is 18.0 Å². The minimum atomic E-state index is -4.50. The number of carbonyl (C=O) groups is 1. The van der Waals surface area contributed by atoms with Crippen molar-refractivity contribution in [2.24, 2.45) is 0 Å². The van der Waals surface area contributed by atoms with Gasteiger partial charge in [0.05, 0.1) is 5.56 Å². The predicted octanol–water partition coefficient (Wildman–Crippen LogP) is 4.08. The van der Waals surface area contributed by atoms with Gasteiger partial charge in [-0.1, -0.05) is 23.8 Å². The smallest absolute Gasteiger partial charge is 0.352 e. The first-order valence-electron chi connectivity index (χ1n) is 7.65. The number of halogens is 3. The van der Waals surface area contributed by atoms with Gasteiger partial charge < -0.3 is 5.32 Å². The van der Waals surface area contributed by atoms with Gasteiger partial charge in [0.2, 0.25) is 0 Å². The van der Waals surface area contributed by atoms with Crippen molar-refractivity contribution in [3.8, 4) is 0 Å². The van der Waals surface area contributed by atoms with Gasteiger partial charge in [-0.3, -0.25) is 9.78 Å². The second-order valence-electron chi connectivity index (χ2n) is 5.72. The van der Waals surface area contributed by atoms with E-state index in [1.807, 2.05) is 6.92 Å². The molecule has 0 bridgehead atoms. The summed E-state index contributed by atoms with van der Waals surface area (Å²) < 4.78 is 37.3. The molecule has 2 aromatic rings. The van der Waals surface area contributed by atoms with Crippen molar-refractivity contribution in [2.75, 3.05) is 6.54 Å². The van der Waals surface area contributed by atoms with Gasteiger partial charge in [0.15, 0.2) is 0 Å². The average Bonchev–Trinajstić information content (AvgIpc) is 2.52. The van der Waals surface area contributed by atoms with Gasteiger partial charge in [0.25, 0.3) is 5.91 Å². The Morgan fingerprint density at radius 1 is 1.17 bits per heavy atom. The fourth-order valence-corrected chi connectivity index (χ4v) is 2.40. The average molecular weight is 336 g/mol. The standard InChI is InChI=1S/C18H19F3N2O/c1-12-5-6-14(13(2)10-12)4-3-9-22-17(24)15-7-8-16(23-11-15)18(19,20)21/h5-8,10-11H,3-4,9H2,1-2H3,(H,22,24). The van der Waals surface area contributed by atoms with Crippen molar-refractivity contribution in [1.29, 1.82) is 0 Å². The molecule has 2 rings (SSSR count). The number of alkyl halides is 3. The zero-order valence-electron chi connectivity index (χ0n) is 13.6. The van der Waals surface area contributed by atoms with Crippen LogP contribution < -0.4 is 5.32 Å². The van der Waals surface area contributed by atoms with E-state index in [4.69, 9.17) is 0 Å². The number of aryl methyl sites for hydroxylation is 3. The number of hydrogen-bond donors (Lipinski definition) is 1. The Morgan fingerprint density at radius 2 is 1.92 bits per heavy atom. The molecule has 0 atom stereocenters. The Balaban J connectivity index is 1.83. The Labute approximate surface area is 138 Å². The Bertz CT molecular complexity index is 709. The topological polar surface area (TPSA) is 42.0 Å². The van der Waals surface area contributed by atoms with Crippen LogP contribution in [0.25, 0.3) is 0 Å². The number of hydrogen-bond acceptors (Lipinski definition) is 2. The quantitative estimate of drug-likeness (QED) is 0.836. The van der Waals surface area contributed by atoms with Gasteiger partial charge in [-0.05, 0) is 49.9 Å². The van der Waals surface area contributed by atoms with Gasteiger partial charge >= 0.3 is 6.18 Å². The van der Waals surface area contributed by atoms with Crippen molar-refractivity contribution in [3.05, 3.63) is 64.5 Å². The molecule has 3 nitrogen and oxygen atoms in total. The Morgan fingerprint density at radius 3 is 2.50 bits per heavy atom. The molecule has 1 N–H and O–H groups in total. The summed E-state index contributed by atoms with van der Waals surface area (Å²) in [7, 11) is 0. The molecular formula is C18H19F3N2O. The first kappa shape index (κ1) is 18.0. The number of amides is 1. The highest BCUT2D eigenvalue weighted by atomic mass is 19.4. The van der Waals surface area contributed by atoms with E-state index in [1.165, 1.54) is 16.7 Å². The van der Waals surface area contributed by atoms with Crippen LogP contribution in [-0.2, 0) is 12.6 Å². The number of aromatic nitrogens is 1. The summed E-state index contributed by atoms with van der Waals surface area (Å²) in [6, 6.07) is 8.18. The van der Waals surface area contributed by atoms with Crippen LogP contribution in [0.2, 0.25) is 0 Å². The Kier molecular flexibility index (Phi) is 5.59. The third-order valence-corrected chi connectivity index (χ3v) is 3.72. The molecule has 0 spiro atoms. The van der Waals surface area contributed by atoms with Crippen molar-refractivity contribution in [2.45, 2.75) is 32.9 Å². The normalized spacial score (nSPS) is 11.4. The van der Waals surface area contributed by atoms with E-state index in [-0.39, 0.29) is 5.56 Å². The lowest BCUT2D eigenvalue weighted by atomic mass is 10.0. The number of rotatable bonds is 5. The van der Waals surface area contributed by atoms with Crippen LogP contribution >= 0.6 is 0 Å². The van der Waals surface area contributed by atoms with Crippen molar-refractivity contribution >= 4 is 5.91 Å². The molecule has 0 aliphatic heterocycles. The SMILES string of the molecule is Cc1ccc(CCCNC(=O)c2ccc(C(F)(F)F)nc2)c(C)c1. The minimum absolute atomic E-state index is 0.120. The highest BCUT2D eigenvalue weighted by molar-refractivity contribution is 5.93. The fraction of sp³-hybridized carbons (Fsp3) is 0.333. The zero-order chi connectivity index (χ0) is 17.7. The molecule has 1 amide bonds. The van der Waals surface area contributed by atoms with E-state index < -0.39 is 17.8 Å². The predicted molar refractivity (Wildman–Crippen MR) is 85.8 cm³/mol. The second-order valence-corrected chi connectivity index (χ2v) is 5.72. The van der Waals surface area contributed by atoms with Crippen LogP contribution in [0.1, 0.15) is 39.2 Å². The number of nitrogens with one attached hydrogen (secondary N) is 1. The lowest BCUT2D eigenvalue weighted by Gasteiger charge is -2.09. The molecule has 1 aromatic carbocycles. The maximum atomic E-state index is 12.4. The molecule has 0 fully saturated rings. The molecule has 6 heteroatoms. The largest absolute Gasteiger partial charge is 0.433 e. The van der Waals surface area contributed by atoms with Crippen LogP contribution in [-0.4, -0.2) is 17.4 Å². The van der Waals surface area contributed by atoms with E-state index in [2.05, 4.69) is 35.4 Å². The monoisotopic (exact) mass is 336 g/mol. The lowest BCUT2D eigenvalue weighted by Crippen LogP contribution is -2.25. The van der Waals surface area contributed by atoms with E-state index in [9.17, 15) is 18.0 Å². The van der Waals surface area contributed by atoms with Crippen LogP contribution in [0.3, 0.4) is 0 Å². The number of benzene rings is 1. The van der Waals surface area contributed by atoms with Crippen LogP contribution in [0.5, 0.6) is 0 Å². The highest BCUT2D eigenvalue weighted by Gasteiger charge is 2.32. The van der Waals surface area contributed by atoms with E-state index >= 15 is 0 Å². The summed E-state index contributed by atoms with van der Waals surface area (Å²) in [5.74, 6) is -0.420. The van der Waals surface area contributed by atoms with E-state index in [0.29, 0.717) is 6.54 Å². The lowest BCUT2D eigenvalue weighted by molar-refractivity contribution is -0.141. The molecule has 24 heavy (non-hydrogen) atoms. The summed E-state index contributed by atoms with van der Waals surface area (Å²) >= 11 is 0. The molecule has 0 unspecified atom stereocenters. The minimum Gasteiger partial charge on any atom is -0.352 e.